The van der Waals surface area contributed by atoms with Crippen molar-refractivity contribution in [3.05, 3.63) is 24.5 Å². The van der Waals surface area contributed by atoms with E-state index in [2.05, 4.69) is 10.3 Å². The second-order valence-electron chi connectivity index (χ2n) is 2.86. The van der Waals surface area contributed by atoms with E-state index in [9.17, 15) is 0 Å². The van der Waals surface area contributed by atoms with E-state index in [0.717, 1.165) is 31.7 Å². The first-order chi connectivity index (χ1) is 6.43. The highest BCUT2D eigenvalue weighted by Crippen LogP contribution is 2.03. The van der Waals surface area contributed by atoms with Crippen molar-refractivity contribution in [2.24, 2.45) is 0 Å². The van der Waals surface area contributed by atoms with Crippen LogP contribution in [0.2, 0.25) is 0 Å². The van der Waals surface area contributed by atoms with Crippen LogP contribution >= 0.6 is 0 Å². The van der Waals surface area contributed by atoms with Gasteiger partial charge >= 0.3 is 0 Å². The number of nitrogens with one attached hydrogen (secondary N) is 1. The maximum absolute atomic E-state index is 4.96. The van der Waals surface area contributed by atoms with Gasteiger partial charge in [-0.2, -0.15) is 0 Å². The molecule has 0 amide bonds. The molecule has 1 heterocycles. The summed E-state index contributed by atoms with van der Waals surface area (Å²) in [6.07, 6.45) is 5.82. The van der Waals surface area contributed by atoms with Gasteiger partial charge in [-0.1, -0.05) is 0 Å². The van der Waals surface area contributed by atoms with Crippen molar-refractivity contribution >= 4 is 5.69 Å². The van der Waals surface area contributed by atoms with Gasteiger partial charge in [-0.15, -0.1) is 0 Å². The van der Waals surface area contributed by atoms with Crippen LogP contribution in [0.3, 0.4) is 0 Å². The largest absolute Gasteiger partial charge is 0.385 e. The van der Waals surface area contributed by atoms with Crippen LogP contribution in [0.15, 0.2) is 24.5 Å². The van der Waals surface area contributed by atoms with Gasteiger partial charge in [0.15, 0.2) is 0 Å². The van der Waals surface area contributed by atoms with Crippen molar-refractivity contribution in [1.29, 1.82) is 0 Å². The van der Waals surface area contributed by atoms with Crippen LogP contribution in [0.25, 0.3) is 0 Å². The lowest BCUT2D eigenvalue weighted by atomic mass is 10.3. The van der Waals surface area contributed by atoms with Gasteiger partial charge in [0.05, 0.1) is 0 Å². The maximum atomic E-state index is 4.96. The quantitative estimate of drug-likeness (QED) is 0.679. The molecule has 0 saturated carbocycles. The van der Waals surface area contributed by atoms with Gasteiger partial charge in [0.2, 0.25) is 0 Å². The number of rotatable bonds is 6. The first kappa shape index (κ1) is 9.99. The molecule has 3 nitrogen and oxygen atoms in total. The van der Waals surface area contributed by atoms with E-state index in [-0.39, 0.29) is 0 Å². The highest BCUT2D eigenvalue weighted by molar-refractivity contribution is 5.40. The van der Waals surface area contributed by atoms with Crippen LogP contribution in [0.5, 0.6) is 0 Å². The fourth-order valence-corrected chi connectivity index (χ4v) is 1.07. The molecular formula is C10H16N2O. The Labute approximate surface area is 79.1 Å². The minimum atomic E-state index is 0.845. The lowest BCUT2D eigenvalue weighted by Gasteiger charge is -2.04. The van der Waals surface area contributed by atoms with E-state index >= 15 is 0 Å². The topological polar surface area (TPSA) is 34.1 Å². The Morgan fingerprint density at radius 2 is 2.08 bits per heavy atom. The molecule has 1 rings (SSSR count). The standard InChI is InChI=1S/C10H16N2O/c1-13-9-3-2-6-12-10-4-7-11-8-5-10/h4-5,7-8H,2-3,6,9H2,1H3,(H,11,12). The van der Waals surface area contributed by atoms with Crippen LogP contribution in [-0.2, 0) is 4.74 Å². The zero-order valence-corrected chi connectivity index (χ0v) is 7.99. The van der Waals surface area contributed by atoms with E-state index < -0.39 is 0 Å². The molecule has 1 aromatic heterocycles. The fraction of sp³-hybridized carbons (Fsp3) is 0.500. The number of anilines is 1. The Morgan fingerprint density at radius 3 is 2.77 bits per heavy atom. The predicted octanol–water partition coefficient (Wildman–Crippen LogP) is 1.92. The van der Waals surface area contributed by atoms with Crippen molar-refractivity contribution in [3.63, 3.8) is 0 Å². The van der Waals surface area contributed by atoms with Gasteiger partial charge in [-0.3, -0.25) is 4.98 Å². The Kier molecular flexibility index (Phi) is 4.94. The Bertz CT molecular complexity index is 213. The molecule has 0 unspecified atom stereocenters. The van der Waals surface area contributed by atoms with E-state index in [0.29, 0.717) is 0 Å². The minimum absolute atomic E-state index is 0.845. The molecular weight excluding hydrogens is 164 g/mol. The second kappa shape index (κ2) is 6.43. The molecule has 0 aromatic carbocycles. The molecule has 3 heteroatoms. The maximum Gasteiger partial charge on any atom is 0.0462 e. The molecule has 0 saturated heterocycles. The molecule has 0 radical (unpaired) electrons. The summed E-state index contributed by atoms with van der Waals surface area (Å²) in [6.45, 7) is 1.84. The summed E-state index contributed by atoms with van der Waals surface area (Å²) in [4.78, 5) is 3.94. The summed E-state index contributed by atoms with van der Waals surface area (Å²) in [5, 5.41) is 3.31. The van der Waals surface area contributed by atoms with Crippen LogP contribution in [0.1, 0.15) is 12.8 Å². The molecule has 0 atom stereocenters. The molecule has 1 N–H and O–H groups in total. The van der Waals surface area contributed by atoms with Crippen molar-refractivity contribution < 1.29 is 4.74 Å². The Morgan fingerprint density at radius 1 is 1.31 bits per heavy atom. The predicted molar refractivity (Wildman–Crippen MR) is 53.8 cm³/mol. The molecule has 0 aliphatic rings. The van der Waals surface area contributed by atoms with E-state index in [1.54, 1.807) is 19.5 Å². The zero-order valence-electron chi connectivity index (χ0n) is 7.99. The normalized spacial score (nSPS) is 9.92. The number of unbranched alkanes of at least 4 members (excludes halogenated alkanes) is 1. The van der Waals surface area contributed by atoms with Gasteiger partial charge in [-0.25, -0.2) is 0 Å². The van der Waals surface area contributed by atoms with Crippen LogP contribution in [-0.4, -0.2) is 25.2 Å². The average molecular weight is 180 g/mol. The summed E-state index contributed by atoms with van der Waals surface area (Å²) in [5.74, 6) is 0. The number of ether oxygens (including phenoxy) is 1. The molecule has 1 aromatic rings. The third-order valence-corrected chi connectivity index (χ3v) is 1.78. The van der Waals surface area contributed by atoms with Gasteiger partial charge in [0.25, 0.3) is 0 Å². The lowest BCUT2D eigenvalue weighted by molar-refractivity contribution is 0.194. The van der Waals surface area contributed by atoms with E-state index in [1.165, 1.54) is 0 Å². The first-order valence-corrected chi connectivity index (χ1v) is 4.56. The van der Waals surface area contributed by atoms with Gasteiger partial charge in [0.1, 0.15) is 0 Å². The Balaban J connectivity index is 2.07. The monoisotopic (exact) mass is 180 g/mol. The summed E-state index contributed by atoms with van der Waals surface area (Å²) in [5.41, 5.74) is 1.13. The molecule has 72 valence electrons. The number of hydrogen-bond acceptors (Lipinski definition) is 3. The SMILES string of the molecule is COCCCCNc1ccncc1. The number of nitrogens with zero attached hydrogens (tertiary/aromatic N) is 1. The summed E-state index contributed by atoms with van der Waals surface area (Å²) in [6, 6.07) is 3.94. The van der Waals surface area contributed by atoms with Crippen molar-refractivity contribution in [3.8, 4) is 0 Å². The van der Waals surface area contributed by atoms with Gasteiger partial charge in [0, 0.05) is 38.3 Å². The van der Waals surface area contributed by atoms with Crippen molar-refractivity contribution in [2.75, 3.05) is 25.6 Å². The highest BCUT2D eigenvalue weighted by Gasteiger charge is 1.89. The van der Waals surface area contributed by atoms with Crippen molar-refractivity contribution in [1.82, 2.24) is 4.98 Å². The van der Waals surface area contributed by atoms with E-state index in [4.69, 9.17) is 4.74 Å². The van der Waals surface area contributed by atoms with Crippen LogP contribution in [0.4, 0.5) is 5.69 Å². The molecule has 0 fully saturated rings. The van der Waals surface area contributed by atoms with Crippen LogP contribution < -0.4 is 5.32 Å². The second-order valence-corrected chi connectivity index (χ2v) is 2.86. The smallest absolute Gasteiger partial charge is 0.0462 e. The summed E-state index contributed by atoms with van der Waals surface area (Å²) in [7, 11) is 1.73. The molecule has 0 aliphatic carbocycles. The third kappa shape index (κ3) is 4.48. The van der Waals surface area contributed by atoms with Gasteiger partial charge < -0.3 is 10.1 Å². The minimum Gasteiger partial charge on any atom is -0.385 e. The average Bonchev–Trinajstić information content (AvgIpc) is 2.19. The number of pyridine rings is 1. The van der Waals surface area contributed by atoms with Crippen LogP contribution in [0, 0.1) is 0 Å². The number of aromatic nitrogens is 1. The number of methoxy groups -OCH3 is 1. The van der Waals surface area contributed by atoms with Crippen molar-refractivity contribution in [2.45, 2.75) is 12.8 Å². The third-order valence-electron chi connectivity index (χ3n) is 1.78. The molecule has 0 aliphatic heterocycles. The first-order valence-electron chi connectivity index (χ1n) is 4.56. The molecule has 0 bridgehead atoms. The Hall–Kier alpha value is -1.09. The lowest BCUT2D eigenvalue weighted by Crippen LogP contribution is -2.02. The van der Waals surface area contributed by atoms with Gasteiger partial charge in [-0.05, 0) is 25.0 Å². The highest BCUT2D eigenvalue weighted by atomic mass is 16.5. The summed E-state index contributed by atoms with van der Waals surface area (Å²) < 4.78 is 4.96. The molecule has 13 heavy (non-hydrogen) atoms. The molecule has 0 spiro atoms. The summed E-state index contributed by atoms with van der Waals surface area (Å²) >= 11 is 0. The number of hydrogen-bond donors (Lipinski definition) is 1. The zero-order chi connectivity index (χ0) is 9.36. The van der Waals surface area contributed by atoms with E-state index in [1.807, 2.05) is 12.1 Å². The fourth-order valence-electron chi connectivity index (χ4n) is 1.07.